The molecule has 0 saturated heterocycles. The Hall–Kier alpha value is -1.09. The molecule has 0 N–H and O–H groups in total. The van der Waals surface area contributed by atoms with Crippen LogP contribution in [-0.4, -0.2) is 35.1 Å². The van der Waals surface area contributed by atoms with Crippen LogP contribution in [0.2, 0.25) is 0 Å². The lowest BCUT2D eigenvalue weighted by Gasteiger charge is -2.49. The molecule has 3 heteroatoms. The molecular formula is C32H53NO2. The largest absolute Gasteiger partial charge is 0.459 e. The Morgan fingerprint density at radius 1 is 0.657 bits per heavy atom. The van der Waals surface area contributed by atoms with E-state index in [-0.39, 0.29) is 12.1 Å². The molecule has 4 aliphatic carbocycles. The SMILES string of the molecule is C=C(C)C(=O)OC1CCC(C=CC2CCC(N(C3CCC(C)CC3)C3CCC(C)CC3)CC2)CC1. The van der Waals surface area contributed by atoms with E-state index < -0.39 is 0 Å². The Bertz CT molecular complexity index is 675. The van der Waals surface area contributed by atoms with E-state index in [1.54, 1.807) is 6.92 Å². The summed E-state index contributed by atoms with van der Waals surface area (Å²) in [6.45, 7) is 10.4. The number of hydrogen-bond acceptors (Lipinski definition) is 3. The van der Waals surface area contributed by atoms with Gasteiger partial charge in [-0.05, 0) is 133 Å². The molecule has 4 fully saturated rings. The molecule has 4 aliphatic rings. The van der Waals surface area contributed by atoms with E-state index in [9.17, 15) is 4.79 Å². The number of carbonyl (C=O) groups excluding carboxylic acids is 1. The van der Waals surface area contributed by atoms with E-state index >= 15 is 0 Å². The van der Waals surface area contributed by atoms with Gasteiger partial charge in [0.15, 0.2) is 0 Å². The summed E-state index contributed by atoms with van der Waals surface area (Å²) >= 11 is 0. The van der Waals surface area contributed by atoms with Gasteiger partial charge in [-0.2, -0.15) is 0 Å². The van der Waals surface area contributed by atoms with Crippen LogP contribution >= 0.6 is 0 Å². The third-order valence-electron chi connectivity index (χ3n) is 9.97. The van der Waals surface area contributed by atoms with Crippen molar-refractivity contribution in [3.8, 4) is 0 Å². The smallest absolute Gasteiger partial charge is 0.333 e. The van der Waals surface area contributed by atoms with E-state index in [1.165, 1.54) is 77.0 Å². The maximum Gasteiger partial charge on any atom is 0.333 e. The highest BCUT2D eigenvalue weighted by molar-refractivity contribution is 5.87. The predicted molar refractivity (Wildman–Crippen MR) is 146 cm³/mol. The molecule has 3 nitrogen and oxygen atoms in total. The monoisotopic (exact) mass is 483 g/mol. The van der Waals surface area contributed by atoms with Crippen LogP contribution in [-0.2, 0) is 9.53 Å². The first-order valence-corrected chi connectivity index (χ1v) is 15.2. The lowest BCUT2D eigenvalue weighted by atomic mass is 9.78. The van der Waals surface area contributed by atoms with Crippen molar-refractivity contribution in [3.63, 3.8) is 0 Å². The van der Waals surface area contributed by atoms with Gasteiger partial charge in [-0.3, -0.25) is 4.90 Å². The van der Waals surface area contributed by atoms with Gasteiger partial charge in [-0.25, -0.2) is 4.79 Å². The number of rotatable bonds is 7. The molecular weight excluding hydrogens is 430 g/mol. The van der Waals surface area contributed by atoms with Crippen LogP contribution in [0, 0.1) is 23.7 Å². The van der Waals surface area contributed by atoms with E-state index in [1.807, 2.05) is 0 Å². The summed E-state index contributed by atoms with van der Waals surface area (Å²) in [6.07, 6.45) is 26.5. The van der Waals surface area contributed by atoms with E-state index in [4.69, 9.17) is 4.74 Å². The Balaban J connectivity index is 1.25. The summed E-state index contributed by atoms with van der Waals surface area (Å²) in [5.74, 6) is 3.09. The molecule has 0 aromatic heterocycles. The summed E-state index contributed by atoms with van der Waals surface area (Å²) in [4.78, 5) is 14.9. The van der Waals surface area contributed by atoms with E-state index in [2.05, 4.69) is 37.5 Å². The minimum Gasteiger partial charge on any atom is -0.459 e. The number of ether oxygens (including phenoxy) is 1. The molecule has 0 bridgehead atoms. The second kappa shape index (κ2) is 12.9. The molecule has 0 spiro atoms. The van der Waals surface area contributed by atoms with Crippen LogP contribution in [0.5, 0.6) is 0 Å². The normalized spacial score (nSPS) is 39.0. The van der Waals surface area contributed by atoms with Crippen LogP contribution < -0.4 is 0 Å². The van der Waals surface area contributed by atoms with Crippen molar-refractivity contribution in [2.75, 3.05) is 0 Å². The maximum atomic E-state index is 11.8. The van der Waals surface area contributed by atoms with Crippen molar-refractivity contribution in [1.82, 2.24) is 4.90 Å². The van der Waals surface area contributed by atoms with E-state index in [0.717, 1.165) is 61.6 Å². The fourth-order valence-corrected chi connectivity index (χ4v) is 7.53. The van der Waals surface area contributed by atoms with Gasteiger partial charge in [0.05, 0.1) is 0 Å². The number of hydrogen-bond donors (Lipinski definition) is 0. The minimum atomic E-state index is -0.222. The Kier molecular flexibility index (Phi) is 9.96. The van der Waals surface area contributed by atoms with Crippen molar-refractivity contribution in [3.05, 3.63) is 24.3 Å². The van der Waals surface area contributed by atoms with Crippen LogP contribution in [0.4, 0.5) is 0 Å². The highest BCUT2D eigenvalue weighted by Gasteiger charge is 2.37. The van der Waals surface area contributed by atoms with Crippen LogP contribution in [0.1, 0.15) is 124 Å². The minimum absolute atomic E-state index is 0.0934. The summed E-state index contributed by atoms with van der Waals surface area (Å²) in [6, 6.07) is 2.54. The summed E-state index contributed by atoms with van der Waals surface area (Å²) < 4.78 is 5.57. The second-order valence-electron chi connectivity index (χ2n) is 13.0. The van der Waals surface area contributed by atoms with Gasteiger partial charge in [0.1, 0.15) is 6.10 Å². The molecule has 0 atom stereocenters. The molecule has 0 aliphatic heterocycles. The van der Waals surface area contributed by atoms with Crippen LogP contribution in [0.3, 0.4) is 0 Å². The fraction of sp³-hybridized carbons (Fsp3) is 0.844. The zero-order valence-corrected chi connectivity index (χ0v) is 23.1. The Morgan fingerprint density at radius 3 is 1.43 bits per heavy atom. The van der Waals surface area contributed by atoms with Gasteiger partial charge in [0.25, 0.3) is 0 Å². The molecule has 198 valence electrons. The van der Waals surface area contributed by atoms with Gasteiger partial charge < -0.3 is 4.74 Å². The van der Waals surface area contributed by atoms with Crippen molar-refractivity contribution < 1.29 is 9.53 Å². The first kappa shape index (κ1) is 27.0. The molecule has 4 rings (SSSR count). The third kappa shape index (κ3) is 7.70. The topological polar surface area (TPSA) is 29.5 Å². The van der Waals surface area contributed by atoms with Gasteiger partial charge in [-0.15, -0.1) is 0 Å². The van der Waals surface area contributed by atoms with Gasteiger partial charge in [-0.1, -0.05) is 32.6 Å². The molecule has 0 heterocycles. The maximum absolute atomic E-state index is 11.8. The molecule has 35 heavy (non-hydrogen) atoms. The van der Waals surface area contributed by atoms with Crippen LogP contribution in [0.25, 0.3) is 0 Å². The van der Waals surface area contributed by atoms with Crippen molar-refractivity contribution in [2.24, 2.45) is 23.7 Å². The fourth-order valence-electron chi connectivity index (χ4n) is 7.53. The molecule has 0 radical (unpaired) electrons. The van der Waals surface area contributed by atoms with Crippen molar-refractivity contribution in [2.45, 2.75) is 148 Å². The van der Waals surface area contributed by atoms with Crippen LogP contribution in [0.15, 0.2) is 24.3 Å². The number of nitrogens with zero attached hydrogens (tertiary/aromatic N) is 1. The average molecular weight is 484 g/mol. The van der Waals surface area contributed by atoms with E-state index in [0.29, 0.717) is 11.5 Å². The highest BCUT2D eigenvalue weighted by Crippen LogP contribution is 2.39. The van der Waals surface area contributed by atoms with Gasteiger partial charge in [0.2, 0.25) is 0 Å². The van der Waals surface area contributed by atoms with Crippen molar-refractivity contribution in [1.29, 1.82) is 0 Å². The zero-order chi connectivity index (χ0) is 24.8. The van der Waals surface area contributed by atoms with Gasteiger partial charge in [0, 0.05) is 23.7 Å². The predicted octanol–water partition coefficient (Wildman–Crippen LogP) is 8.24. The van der Waals surface area contributed by atoms with Crippen molar-refractivity contribution >= 4 is 5.97 Å². The zero-order valence-electron chi connectivity index (χ0n) is 23.1. The average Bonchev–Trinajstić information content (AvgIpc) is 2.87. The first-order chi connectivity index (χ1) is 16.9. The molecule has 0 unspecified atom stereocenters. The summed E-state index contributed by atoms with van der Waals surface area (Å²) in [7, 11) is 0. The number of esters is 1. The number of carbonyl (C=O) groups is 1. The Labute approximate surface area is 216 Å². The summed E-state index contributed by atoms with van der Waals surface area (Å²) in [5.41, 5.74) is 0.511. The second-order valence-corrected chi connectivity index (χ2v) is 13.0. The Morgan fingerprint density at radius 2 is 1.03 bits per heavy atom. The molecule has 4 saturated carbocycles. The third-order valence-corrected chi connectivity index (χ3v) is 9.97. The lowest BCUT2D eigenvalue weighted by molar-refractivity contribution is -0.145. The first-order valence-electron chi connectivity index (χ1n) is 15.2. The number of allylic oxidation sites excluding steroid dienone is 2. The molecule has 0 aromatic rings. The molecule has 0 aromatic carbocycles. The summed E-state index contributed by atoms with van der Waals surface area (Å²) in [5, 5.41) is 0. The molecule has 0 amide bonds. The quantitative estimate of drug-likeness (QED) is 0.207. The lowest BCUT2D eigenvalue weighted by Crippen LogP contribution is -2.52. The highest BCUT2D eigenvalue weighted by atomic mass is 16.5. The standard InChI is InChI=1S/C32H53NO2/c1-23(2)32(34)35-31-21-13-27(14-22-31)10-9-26-11-19-30(20-12-26)33(28-15-5-24(3)6-16-28)29-17-7-25(4)8-18-29/h9-10,24-31H,1,5-8,11-22H2,2-4H3. The van der Waals surface area contributed by atoms with Gasteiger partial charge >= 0.3 is 5.97 Å².